The van der Waals surface area contributed by atoms with Crippen molar-refractivity contribution in [2.45, 2.75) is 0 Å². The average molecular weight is 578 g/mol. The number of pyridine rings is 1. The predicted molar refractivity (Wildman–Crippen MR) is 181 cm³/mol. The topological polar surface area (TPSA) is 56.0 Å². The van der Waals surface area contributed by atoms with Crippen molar-refractivity contribution in [3.05, 3.63) is 164 Å². The lowest BCUT2D eigenvalue weighted by Crippen LogP contribution is -2.00. The summed E-state index contributed by atoms with van der Waals surface area (Å²) >= 11 is 0. The number of aromatic nitrogens is 5. The number of fused-ring (bicyclic) bond motifs is 1. The van der Waals surface area contributed by atoms with Crippen molar-refractivity contribution in [1.29, 1.82) is 0 Å². The van der Waals surface area contributed by atoms with Gasteiger partial charge in [0, 0.05) is 34.6 Å². The largest absolute Gasteiger partial charge is 0.306 e. The molecule has 0 unspecified atom stereocenters. The maximum absolute atomic E-state index is 4.92. The quantitative estimate of drug-likeness (QED) is 0.197. The summed E-state index contributed by atoms with van der Waals surface area (Å²) in [4.78, 5) is 19.5. The van der Waals surface area contributed by atoms with E-state index in [2.05, 4.69) is 79.0 Å². The molecule has 0 aliphatic carbocycles. The van der Waals surface area contributed by atoms with Crippen LogP contribution in [0.1, 0.15) is 0 Å². The molecule has 0 aliphatic rings. The molecule has 8 rings (SSSR count). The van der Waals surface area contributed by atoms with Crippen molar-refractivity contribution < 1.29 is 0 Å². The van der Waals surface area contributed by atoms with Crippen LogP contribution in [0.5, 0.6) is 0 Å². The van der Waals surface area contributed by atoms with Gasteiger partial charge in [-0.2, -0.15) is 0 Å². The summed E-state index contributed by atoms with van der Waals surface area (Å²) in [5.41, 5.74) is 10.3. The van der Waals surface area contributed by atoms with Gasteiger partial charge in [-0.1, -0.05) is 121 Å². The Hall–Kier alpha value is -6.20. The fraction of sp³-hybridized carbons (Fsp3) is 0. The van der Waals surface area contributed by atoms with Crippen LogP contribution >= 0.6 is 0 Å². The minimum absolute atomic E-state index is 0.640. The first-order chi connectivity index (χ1) is 22.3. The molecule has 0 N–H and O–H groups in total. The molecule has 5 aromatic carbocycles. The first-order valence-corrected chi connectivity index (χ1v) is 14.9. The summed E-state index contributed by atoms with van der Waals surface area (Å²) < 4.78 is 2.05. The Morgan fingerprint density at radius 2 is 0.756 bits per heavy atom. The maximum Gasteiger partial charge on any atom is 0.164 e. The second-order valence-corrected chi connectivity index (χ2v) is 10.9. The zero-order valence-corrected chi connectivity index (χ0v) is 24.3. The van der Waals surface area contributed by atoms with E-state index in [0.717, 1.165) is 55.8 Å². The molecule has 0 aliphatic heterocycles. The van der Waals surface area contributed by atoms with Crippen molar-refractivity contribution in [1.82, 2.24) is 24.3 Å². The summed E-state index contributed by atoms with van der Waals surface area (Å²) in [5, 5.41) is 0. The monoisotopic (exact) mass is 577 g/mol. The molecule has 0 saturated carbocycles. The summed E-state index contributed by atoms with van der Waals surface area (Å²) in [5.74, 6) is 1.94. The van der Waals surface area contributed by atoms with Crippen LogP contribution in [-0.4, -0.2) is 24.3 Å². The van der Waals surface area contributed by atoms with Crippen LogP contribution in [-0.2, 0) is 0 Å². The first-order valence-electron chi connectivity index (χ1n) is 14.9. The van der Waals surface area contributed by atoms with Crippen molar-refractivity contribution in [3.63, 3.8) is 0 Å². The molecule has 0 spiro atoms. The van der Waals surface area contributed by atoms with Crippen LogP contribution in [0.3, 0.4) is 0 Å². The van der Waals surface area contributed by atoms with E-state index in [1.807, 2.05) is 89.5 Å². The lowest BCUT2D eigenvalue weighted by molar-refractivity contribution is 1.07. The lowest BCUT2D eigenvalue weighted by Gasteiger charge is -2.10. The lowest BCUT2D eigenvalue weighted by atomic mass is 9.96. The molecule has 3 aromatic heterocycles. The van der Waals surface area contributed by atoms with E-state index in [0.29, 0.717) is 17.5 Å². The zero-order chi connectivity index (χ0) is 30.0. The second kappa shape index (κ2) is 11.5. The van der Waals surface area contributed by atoms with Gasteiger partial charge in [0.15, 0.2) is 17.5 Å². The second-order valence-electron chi connectivity index (χ2n) is 10.9. The average Bonchev–Trinajstić information content (AvgIpc) is 3.57. The highest BCUT2D eigenvalue weighted by atomic mass is 15.0. The van der Waals surface area contributed by atoms with Crippen LogP contribution in [0.25, 0.3) is 73.3 Å². The third kappa shape index (κ3) is 5.39. The van der Waals surface area contributed by atoms with E-state index >= 15 is 0 Å². The van der Waals surface area contributed by atoms with E-state index in [1.54, 1.807) is 0 Å². The minimum Gasteiger partial charge on any atom is -0.306 e. The Morgan fingerprint density at radius 3 is 1.31 bits per heavy atom. The Labute approximate surface area is 261 Å². The molecule has 5 nitrogen and oxygen atoms in total. The highest BCUT2D eigenvalue weighted by molar-refractivity contribution is 5.78. The van der Waals surface area contributed by atoms with Gasteiger partial charge in [0.05, 0.1) is 5.69 Å². The third-order valence-corrected chi connectivity index (χ3v) is 7.87. The van der Waals surface area contributed by atoms with E-state index in [1.165, 1.54) is 0 Å². The fourth-order valence-corrected chi connectivity index (χ4v) is 5.59. The van der Waals surface area contributed by atoms with Crippen molar-refractivity contribution in [2.75, 3.05) is 0 Å². The molecule has 212 valence electrons. The van der Waals surface area contributed by atoms with E-state index in [-0.39, 0.29) is 0 Å². The smallest absolute Gasteiger partial charge is 0.164 e. The Morgan fingerprint density at radius 1 is 0.333 bits per heavy atom. The van der Waals surface area contributed by atoms with Gasteiger partial charge in [-0.3, -0.25) is 0 Å². The van der Waals surface area contributed by atoms with Crippen molar-refractivity contribution >= 4 is 5.65 Å². The van der Waals surface area contributed by atoms with Crippen molar-refractivity contribution in [3.8, 4) is 67.7 Å². The van der Waals surface area contributed by atoms with E-state index in [9.17, 15) is 0 Å². The van der Waals surface area contributed by atoms with Crippen LogP contribution in [0, 0.1) is 0 Å². The van der Waals surface area contributed by atoms with Gasteiger partial charge in [-0.05, 0) is 52.6 Å². The van der Waals surface area contributed by atoms with Gasteiger partial charge < -0.3 is 4.40 Å². The highest BCUT2D eigenvalue weighted by Gasteiger charge is 2.13. The molecule has 3 heterocycles. The van der Waals surface area contributed by atoms with Crippen LogP contribution in [0.15, 0.2) is 164 Å². The van der Waals surface area contributed by atoms with Gasteiger partial charge in [-0.25, -0.2) is 19.9 Å². The Kier molecular flexibility index (Phi) is 6.74. The zero-order valence-electron chi connectivity index (χ0n) is 24.3. The molecule has 0 radical (unpaired) electrons. The summed E-state index contributed by atoms with van der Waals surface area (Å²) in [6.45, 7) is 0. The Bertz CT molecular complexity index is 2180. The molecule has 0 fully saturated rings. The predicted octanol–water partition coefficient (Wildman–Crippen LogP) is 9.52. The molecular weight excluding hydrogens is 550 g/mol. The molecule has 45 heavy (non-hydrogen) atoms. The van der Waals surface area contributed by atoms with Crippen LogP contribution in [0.4, 0.5) is 0 Å². The number of benzene rings is 5. The molecule has 0 atom stereocenters. The number of rotatable bonds is 6. The maximum atomic E-state index is 4.92. The molecule has 0 bridgehead atoms. The minimum atomic E-state index is 0.640. The standard InChI is InChI=1S/C40H27N5/c1-3-12-28(13-4-1)38-42-39(29-14-5-2-6-15-29)44-40(43-38)35-21-11-19-33(26-35)31-17-9-16-30(24-31)32-18-10-20-34(25-32)36-27-45-23-8-7-22-37(45)41-36/h1-27H. The van der Waals surface area contributed by atoms with Gasteiger partial charge in [0.25, 0.3) is 0 Å². The fourth-order valence-electron chi connectivity index (χ4n) is 5.59. The summed E-state index contributed by atoms with van der Waals surface area (Å²) in [6.07, 6.45) is 4.10. The number of hydrogen-bond donors (Lipinski definition) is 0. The molecular formula is C40H27N5. The number of nitrogens with zero attached hydrogens (tertiary/aromatic N) is 5. The molecule has 0 amide bonds. The SMILES string of the molecule is c1ccc(-c2nc(-c3ccccc3)nc(-c3cccc(-c4cccc(-c5cccc(-c6cn7ccccc7n6)c5)c4)c3)n2)cc1. The van der Waals surface area contributed by atoms with Crippen LogP contribution < -0.4 is 0 Å². The highest BCUT2D eigenvalue weighted by Crippen LogP contribution is 2.32. The molecule has 5 heteroatoms. The first kappa shape index (κ1) is 26.4. The van der Waals surface area contributed by atoms with Gasteiger partial charge >= 0.3 is 0 Å². The third-order valence-electron chi connectivity index (χ3n) is 7.87. The van der Waals surface area contributed by atoms with Crippen molar-refractivity contribution in [2.24, 2.45) is 0 Å². The van der Waals surface area contributed by atoms with Gasteiger partial charge in [-0.15, -0.1) is 0 Å². The number of imidazole rings is 1. The molecule has 0 saturated heterocycles. The Balaban J connectivity index is 1.16. The van der Waals surface area contributed by atoms with Gasteiger partial charge in [0.2, 0.25) is 0 Å². The number of hydrogen-bond acceptors (Lipinski definition) is 4. The van der Waals surface area contributed by atoms with Gasteiger partial charge in [0.1, 0.15) is 5.65 Å². The van der Waals surface area contributed by atoms with E-state index < -0.39 is 0 Å². The normalized spacial score (nSPS) is 11.1. The van der Waals surface area contributed by atoms with E-state index in [4.69, 9.17) is 19.9 Å². The van der Waals surface area contributed by atoms with Crippen LogP contribution in [0.2, 0.25) is 0 Å². The molecule has 8 aromatic rings. The summed E-state index contributed by atoms with van der Waals surface area (Å²) in [7, 11) is 0. The summed E-state index contributed by atoms with van der Waals surface area (Å²) in [6, 6.07) is 51.8.